The summed E-state index contributed by atoms with van der Waals surface area (Å²) >= 11 is 0. The van der Waals surface area contributed by atoms with Crippen molar-refractivity contribution in [1.29, 1.82) is 0 Å². The molecule has 1 spiro atoms. The van der Waals surface area contributed by atoms with Gasteiger partial charge in [0.2, 0.25) is 0 Å². The first-order chi connectivity index (χ1) is 33.2. The molecule has 0 radical (unpaired) electrons. The quantitative estimate of drug-likeness (QED) is 0.127. The second kappa shape index (κ2) is 14.7. The predicted molar refractivity (Wildman–Crippen MR) is 278 cm³/mol. The minimum Gasteiger partial charge on any atom is -0.228 e. The molecule has 0 saturated carbocycles. The van der Waals surface area contributed by atoms with E-state index < -0.39 is 5.41 Å². The number of hydrogen-bond donors (Lipinski definition) is 0. The summed E-state index contributed by atoms with van der Waals surface area (Å²) in [6.07, 6.45) is 0. The number of benzene rings is 11. The number of nitrogens with zero attached hydrogens (tertiary/aromatic N) is 2. The lowest BCUT2D eigenvalue weighted by Gasteiger charge is -2.32. The molecule has 0 atom stereocenters. The monoisotopic (exact) mass is 848 g/mol. The second-order valence-corrected chi connectivity index (χ2v) is 18.0. The van der Waals surface area contributed by atoms with Crippen molar-refractivity contribution in [2.75, 3.05) is 0 Å². The Morgan fingerprint density at radius 1 is 0.269 bits per heavy atom. The van der Waals surface area contributed by atoms with E-state index in [1.807, 2.05) is 6.07 Å². The SMILES string of the molecule is c1ccc(-c2nc(-c3ccc(-c4ccc(-c5c6ccccc6cc6c5ccc5ccccc56)cc4)cc3)cc(-c3cccc4c3C3(c5ccccc5-c5ccccc53)c3ccccc3-4)n2)cc1. The van der Waals surface area contributed by atoms with Crippen molar-refractivity contribution < 1.29 is 0 Å². The molecule has 2 heteroatoms. The van der Waals surface area contributed by atoms with E-state index in [-0.39, 0.29) is 0 Å². The molecule has 2 nitrogen and oxygen atoms in total. The molecule has 11 aromatic carbocycles. The summed E-state index contributed by atoms with van der Waals surface area (Å²) < 4.78 is 0. The van der Waals surface area contributed by atoms with Crippen LogP contribution in [-0.4, -0.2) is 9.97 Å². The van der Waals surface area contributed by atoms with E-state index in [9.17, 15) is 0 Å². The third kappa shape index (κ3) is 5.57. The van der Waals surface area contributed by atoms with Crippen LogP contribution in [0, 0.1) is 0 Å². The maximum atomic E-state index is 5.45. The average Bonchev–Trinajstić information content (AvgIpc) is 3.88. The Kier molecular flexibility index (Phi) is 8.23. The van der Waals surface area contributed by atoms with E-state index in [0.717, 1.165) is 33.6 Å². The Morgan fingerprint density at radius 3 is 1.46 bits per heavy atom. The van der Waals surface area contributed by atoms with Crippen LogP contribution in [0.25, 0.3) is 111 Å². The lowest BCUT2D eigenvalue weighted by molar-refractivity contribution is 0.795. The molecule has 0 fully saturated rings. The highest BCUT2D eigenvalue weighted by molar-refractivity contribution is 6.20. The predicted octanol–water partition coefficient (Wildman–Crippen LogP) is 16.6. The number of fused-ring (bicyclic) bond motifs is 14. The summed E-state index contributed by atoms with van der Waals surface area (Å²) in [7, 11) is 0. The normalized spacial score (nSPS) is 12.9. The van der Waals surface area contributed by atoms with Crippen molar-refractivity contribution in [1.82, 2.24) is 9.97 Å². The largest absolute Gasteiger partial charge is 0.228 e. The van der Waals surface area contributed by atoms with Crippen molar-refractivity contribution in [2.24, 2.45) is 0 Å². The molecule has 2 aliphatic carbocycles. The molecule has 14 rings (SSSR count). The van der Waals surface area contributed by atoms with Gasteiger partial charge in [-0.3, -0.25) is 0 Å². The molecule has 0 amide bonds. The zero-order chi connectivity index (χ0) is 44.1. The Hall–Kier alpha value is -8.72. The fraction of sp³-hybridized carbons (Fsp3) is 0.0154. The van der Waals surface area contributed by atoms with Crippen LogP contribution < -0.4 is 0 Å². The molecule has 1 heterocycles. The van der Waals surface area contributed by atoms with Crippen LogP contribution in [-0.2, 0) is 5.41 Å². The number of rotatable bonds is 5. The van der Waals surface area contributed by atoms with Crippen molar-refractivity contribution >= 4 is 32.3 Å². The molecule has 0 saturated heterocycles. The smallest absolute Gasteiger partial charge is 0.160 e. The van der Waals surface area contributed by atoms with Crippen molar-refractivity contribution in [3.63, 3.8) is 0 Å². The van der Waals surface area contributed by atoms with Crippen molar-refractivity contribution in [3.8, 4) is 78.4 Å². The van der Waals surface area contributed by atoms with Crippen LogP contribution in [0.15, 0.2) is 243 Å². The van der Waals surface area contributed by atoms with Gasteiger partial charge in [-0.2, -0.15) is 0 Å². The molecule has 12 aromatic rings. The molecule has 2 aliphatic rings. The Morgan fingerprint density at radius 2 is 0.776 bits per heavy atom. The first-order valence-electron chi connectivity index (χ1n) is 23.1. The highest BCUT2D eigenvalue weighted by Gasteiger charge is 2.52. The van der Waals surface area contributed by atoms with E-state index in [1.165, 1.54) is 93.5 Å². The first kappa shape index (κ1) is 37.6. The van der Waals surface area contributed by atoms with Crippen LogP contribution in [0.2, 0.25) is 0 Å². The molecule has 0 N–H and O–H groups in total. The molecular formula is C65H40N2. The van der Waals surface area contributed by atoms with Gasteiger partial charge in [-0.15, -0.1) is 0 Å². The Balaban J connectivity index is 0.891. The van der Waals surface area contributed by atoms with Crippen LogP contribution in [0.5, 0.6) is 0 Å². The van der Waals surface area contributed by atoms with Crippen LogP contribution in [0.4, 0.5) is 0 Å². The van der Waals surface area contributed by atoms with Gasteiger partial charge >= 0.3 is 0 Å². The average molecular weight is 849 g/mol. The van der Waals surface area contributed by atoms with Crippen molar-refractivity contribution in [2.45, 2.75) is 5.41 Å². The number of aromatic nitrogens is 2. The summed E-state index contributed by atoms with van der Waals surface area (Å²) in [6, 6.07) is 88.6. The molecule has 0 bridgehead atoms. The topological polar surface area (TPSA) is 25.8 Å². The lowest BCUT2D eigenvalue weighted by Crippen LogP contribution is -2.26. The van der Waals surface area contributed by atoms with Gasteiger partial charge in [0.25, 0.3) is 0 Å². The van der Waals surface area contributed by atoms with Crippen LogP contribution in [0.3, 0.4) is 0 Å². The second-order valence-electron chi connectivity index (χ2n) is 18.0. The maximum Gasteiger partial charge on any atom is 0.160 e. The first-order valence-corrected chi connectivity index (χ1v) is 23.1. The Labute approximate surface area is 389 Å². The third-order valence-electron chi connectivity index (χ3n) is 14.5. The minimum atomic E-state index is -0.500. The van der Waals surface area contributed by atoms with E-state index in [4.69, 9.17) is 9.97 Å². The highest BCUT2D eigenvalue weighted by Crippen LogP contribution is 2.64. The summed E-state index contributed by atoms with van der Waals surface area (Å²) in [5.74, 6) is 0.705. The van der Waals surface area contributed by atoms with Gasteiger partial charge < -0.3 is 0 Å². The summed E-state index contributed by atoms with van der Waals surface area (Å²) in [5.41, 5.74) is 19.5. The van der Waals surface area contributed by atoms with Crippen LogP contribution >= 0.6 is 0 Å². The summed E-state index contributed by atoms with van der Waals surface area (Å²) in [5, 5.41) is 7.60. The van der Waals surface area contributed by atoms with Crippen molar-refractivity contribution in [3.05, 3.63) is 265 Å². The standard InChI is InChI=1S/C65H40N2/c1-2-16-46(17-3-1)64-66-60(40-61(67-64)55-25-14-24-54-52-23-10-13-28-59(52)65(63(54)55)57-26-11-8-21-50(57)51-22-9-12-27-58(51)65)44-33-29-41(30-34-44)42-31-35-45(36-32-42)62-49-20-7-5-18-47(49)39-56-48-19-6-4-15-43(48)37-38-53(56)62/h1-40H. The van der Waals surface area contributed by atoms with Gasteiger partial charge in [0.05, 0.1) is 16.8 Å². The van der Waals surface area contributed by atoms with Gasteiger partial charge in [-0.25, -0.2) is 9.97 Å². The molecule has 0 aliphatic heterocycles. The lowest BCUT2D eigenvalue weighted by atomic mass is 9.69. The maximum absolute atomic E-state index is 5.45. The van der Waals surface area contributed by atoms with E-state index in [0.29, 0.717) is 5.82 Å². The van der Waals surface area contributed by atoms with Crippen LogP contribution in [0.1, 0.15) is 22.3 Å². The minimum absolute atomic E-state index is 0.500. The fourth-order valence-corrected chi connectivity index (χ4v) is 11.6. The van der Waals surface area contributed by atoms with Gasteiger partial charge in [0, 0.05) is 16.7 Å². The highest BCUT2D eigenvalue weighted by atomic mass is 14.9. The molecule has 0 unspecified atom stereocenters. The summed E-state index contributed by atoms with van der Waals surface area (Å²) in [4.78, 5) is 10.7. The number of hydrogen-bond acceptors (Lipinski definition) is 2. The zero-order valence-corrected chi connectivity index (χ0v) is 36.5. The summed E-state index contributed by atoms with van der Waals surface area (Å²) in [6.45, 7) is 0. The molecule has 67 heavy (non-hydrogen) atoms. The van der Waals surface area contributed by atoms with E-state index in [2.05, 4.69) is 237 Å². The zero-order valence-electron chi connectivity index (χ0n) is 36.5. The van der Waals surface area contributed by atoms with Gasteiger partial charge in [-0.05, 0) is 111 Å². The molecule has 310 valence electrons. The Bertz CT molecular complexity index is 3900. The van der Waals surface area contributed by atoms with Gasteiger partial charge in [0.15, 0.2) is 5.82 Å². The third-order valence-corrected chi connectivity index (χ3v) is 14.5. The fourth-order valence-electron chi connectivity index (χ4n) is 11.6. The van der Waals surface area contributed by atoms with E-state index in [1.54, 1.807) is 0 Å². The van der Waals surface area contributed by atoms with Gasteiger partial charge in [-0.1, -0.05) is 231 Å². The van der Waals surface area contributed by atoms with E-state index >= 15 is 0 Å². The van der Waals surface area contributed by atoms with Gasteiger partial charge in [0.1, 0.15) is 0 Å². The molecule has 1 aromatic heterocycles. The molecular weight excluding hydrogens is 809 g/mol.